The summed E-state index contributed by atoms with van der Waals surface area (Å²) >= 11 is 7.51. The van der Waals surface area contributed by atoms with E-state index in [4.69, 9.17) is 11.6 Å². The number of amides is 1. The van der Waals surface area contributed by atoms with Gasteiger partial charge in [-0.25, -0.2) is 0 Å². The summed E-state index contributed by atoms with van der Waals surface area (Å²) in [7, 11) is 0. The van der Waals surface area contributed by atoms with E-state index in [1.807, 2.05) is 41.9 Å². The number of carbonyl (C=O) groups is 1. The lowest BCUT2D eigenvalue weighted by Gasteiger charge is -2.31. The second-order valence-electron chi connectivity index (χ2n) is 7.79. The van der Waals surface area contributed by atoms with Gasteiger partial charge in [-0.05, 0) is 56.5 Å². The van der Waals surface area contributed by atoms with Gasteiger partial charge in [-0.3, -0.25) is 9.48 Å². The lowest BCUT2D eigenvalue weighted by Crippen LogP contribution is -2.44. The number of halogens is 1. The van der Waals surface area contributed by atoms with Gasteiger partial charge in [-0.15, -0.1) is 11.3 Å². The normalized spacial score (nSPS) is 15.8. The van der Waals surface area contributed by atoms with Gasteiger partial charge in [-0.1, -0.05) is 30.7 Å². The maximum absolute atomic E-state index is 12.8. The number of piperidine rings is 1. The fourth-order valence-electron chi connectivity index (χ4n) is 3.97. The van der Waals surface area contributed by atoms with Crippen molar-refractivity contribution in [1.29, 1.82) is 0 Å². The Hall–Kier alpha value is -1.89. The Labute approximate surface area is 180 Å². The molecule has 1 aromatic carbocycles. The lowest BCUT2D eigenvalue weighted by atomic mass is 10.0. The van der Waals surface area contributed by atoms with E-state index in [9.17, 15) is 4.79 Å². The fraction of sp³-hybridized carbons (Fsp3) is 0.455. The van der Waals surface area contributed by atoms with E-state index in [0.29, 0.717) is 6.54 Å². The average Bonchev–Trinajstić information content (AvgIpc) is 3.27. The molecular weight excluding hydrogens is 404 g/mol. The molecule has 5 nitrogen and oxygen atoms in total. The number of fused-ring (bicyclic) bond motifs is 1. The third kappa shape index (κ3) is 4.65. The SMILES string of the molecule is CCCN1CCC(NC(=O)c2cc3c(C)nn(Cc4ccc(Cl)cc4)c3s2)CC1. The zero-order valence-corrected chi connectivity index (χ0v) is 18.5. The van der Waals surface area contributed by atoms with E-state index in [1.165, 1.54) is 17.8 Å². The molecule has 0 saturated carbocycles. The predicted molar refractivity (Wildman–Crippen MR) is 120 cm³/mol. The molecule has 4 rings (SSSR count). The van der Waals surface area contributed by atoms with E-state index < -0.39 is 0 Å². The van der Waals surface area contributed by atoms with Crippen LogP contribution in [0, 0.1) is 6.92 Å². The van der Waals surface area contributed by atoms with Crippen LogP contribution in [0.15, 0.2) is 30.3 Å². The number of aryl methyl sites for hydroxylation is 1. The van der Waals surface area contributed by atoms with Gasteiger partial charge < -0.3 is 10.2 Å². The van der Waals surface area contributed by atoms with Crippen LogP contribution in [0.5, 0.6) is 0 Å². The maximum Gasteiger partial charge on any atom is 0.261 e. The maximum atomic E-state index is 12.8. The molecule has 2 aromatic heterocycles. The van der Waals surface area contributed by atoms with Crippen molar-refractivity contribution in [2.24, 2.45) is 0 Å². The summed E-state index contributed by atoms with van der Waals surface area (Å²) in [5.41, 5.74) is 2.09. The first kappa shape index (κ1) is 20.4. The summed E-state index contributed by atoms with van der Waals surface area (Å²) in [5.74, 6) is 0.0394. The van der Waals surface area contributed by atoms with E-state index >= 15 is 0 Å². The van der Waals surface area contributed by atoms with Gasteiger partial charge in [0.2, 0.25) is 0 Å². The highest BCUT2D eigenvalue weighted by Gasteiger charge is 2.22. The summed E-state index contributed by atoms with van der Waals surface area (Å²) in [6, 6.07) is 10.1. The molecule has 0 radical (unpaired) electrons. The number of nitrogens with zero attached hydrogens (tertiary/aromatic N) is 3. The van der Waals surface area contributed by atoms with E-state index in [0.717, 1.165) is 63.8 Å². The molecule has 3 heterocycles. The highest BCUT2D eigenvalue weighted by Crippen LogP contribution is 2.29. The van der Waals surface area contributed by atoms with Gasteiger partial charge >= 0.3 is 0 Å². The summed E-state index contributed by atoms with van der Waals surface area (Å²) in [4.78, 5) is 17.1. The van der Waals surface area contributed by atoms with E-state index in [2.05, 4.69) is 22.2 Å². The van der Waals surface area contributed by atoms with Crippen LogP contribution in [0.4, 0.5) is 0 Å². The number of likely N-dealkylation sites (tertiary alicyclic amines) is 1. The van der Waals surface area contributed by atoms with Crippen molar-refractivity contribution in [2.45, 2.75) is 45.7 Å². The highest BCUT2D eigenvalue weighted by molar-refractivity contribution is 7.20. The van der Waals surface area contributed by atoms with Crippen molar-refractivity contribution in [3.05, 3.63) is 51.5 Å². The average molecular weight is 431 g/mol. The molecule has 154 valence electrons. The van der Waals surface area contributed by atoms with Crippen LogP contribution in [-0.4, -0.2) is 46.3 Å². The number of nitrogens with one attached hydrogen (secondary N) is 1. The first-order chi connectivity index (χ1) is 14.0. The monoisotopic (exact) mass is 430 g/mol. The molecule has 1 fully saturated rings. The highest BCUT2D eigenvalue weighted by atomic mass is 35.5. The number of benzene rings is 1. The number of carbonyl (C=O) groups excluding carboxylic acids is 1. The van der Waals surface area contributed by atoms with Gasteiger partial charge in [-0.2, -0.15) is 5.10 Å². The second-order valence-corrected chi connectivity index (χ2v) is 9.26. The van der Waals surface area contributed by atoms with Crippen molar-refractivity contribution < 1.29 is 4.79 Å². The van der Waals surface area contributed by atoms with Crippen molar-refractivity contribution >= 4 is 39.1 Å². The summed E-state index contributed by atoms with van der Waals surface area (Å²) in [6.45, 7) is 8.17. The zero-order chi connectivity index (χ0) is 20.4. The Morgan fingerprint density at radius 2 is 2.00 bits per heavy atom. The molecule has 3 aromatic rings. The zero-order valence-electron chi connectivity index (χ0n) is 16.9. The summed E-state index contributed by atoms with van der Waals surface area (Å²) in [6.07, 6.45) is 3.24. The van der Waals surface area contributed by atoms with Crippen LogP contribution >= 0.6 is 22.9 Å². The van der Waals surface area contributed by atoms with Crippen LogP contribution in [0.2, 0.25) is 5.02 Å². The lowest BCUT2D eigenvalue weighted by molar-refractivity contribution is 0.0915. The number of hydrogen-bond donors (Lipinski definition) is 1. The molecule has 29 heavy (non-hydrogen) atoms. The van der Waals surface area contributed by atoms with Crippen LogP contribution < -0.4 is 5.32 Å². The fourth-order valence-corrected chi connectivity index (χ4v) is 5.16. The van der Waals surface area contributed by atoms with Crippen LogP contribution in [0.3, 0.4) is 0 Å². The molecule has 1 aliphatic rings. The number of thiophene rings is 1. The minimum absolute atomic E-state index is 0.0394. The minimum Gasteiger partial charge on any atom is -0.349 e. The largest absolute Gasteiger partial charge is 0.349 e. The summed E-state index contributed by atoms with van der Waals surface area (Å²) in [5, 5.41) is 9.70. The van der Waals surface area contributed by atoms with E-state index in [1.54, 1.807) is 0 Å². The second kappa shape index (κ2) is 8.86. The molecule has 1 N–H and O–H groups in total. The van der Waals surface area contributed by atoms with Gasteiger partial charge in [0, 0.05) is 29.5 Å². The molecule has 0 aliphatic carbocycles. The minimum atomic E-state index is 0.0394. The molecule has 7 heteroatoms. The topological polar surface area (TPSA) is 50.2 Å². The van der Waals surface area contributed by atoms with Gasteiger partial charge in [0.05, 0.1) is 17.1 Å². The van der Waals surface area contributed by atoms with Crippen LogP contribution in [0.1, 0.15) is 47.1 Å². The molecule has 0 unspecified atom stereocenters. The number of hydrogen-bond acceptors (Lipinski definition) is 4. The first-order valence-corrected chi connectivity index (χ1v) is 11.5. The van der Waals surface area contributed by atoms with Crippen molar-refractivity contribution in [1.82, 2.24) is 20.0 Å². The Morgan fingerprint density at radius 1 is 1.28 bits per heavy atom. The smallest absolute Gasteiger partial charge is 0.261 e. The third-order valence-corrected chi connectivity index (χ3v) is 6.94. The van der Waals surface area contributed by atoms with Gasteiger partial charge in [0.25, 0.3) is 5.91 Å². The van der Waals surface area contributed by atoms with Gasteiger partial charge in [0.1, 0.15) is 4.83 Å². The molecule has 1 saturated heterocycles. The number of rotatable bonds is 6. The number of aromatic nitrogens is 2. The molecule has 1 aliphatic heterocycles. The molecule has 0 bridgehead atoms. The van der Waals surface area contributed by atoms with Crippen molar-refractivity contribution in [2.75, 3.05) is 19.6 Å². The Morgan fingerprint density at radius 3 is 2.69 bits per heavy atom. The molecule has 1 amide bonds. The Balaban J connectivity index is 1.46. The molecule has 0 atom stereocenters. The quantitative estimate of drug-likeness (QED) is 0.616. The standard InChI is InChI=1S/C22H27ClN4OS/c1-3-10-26-11-8-18(9-12-26)24-21(28)20-13-19-15(2)25-27(22(19)29-20)14-16-4-6-17(23)7-5-16/h4-7,13,18H,3,8-12,14H2,1-2H3,(H,24,28). The third-order valence-electron chi connectivity index (χ3n) is 5.54. The van der Waals surface area contributed by atoms with Crippen molar-refractivity contribution in [3.63, 3.8) is 0 Å². The summed E-state index contributed by atoms with van der Waals surface area (Å²) < 4.78 is 1.98. The Kier molecular flexibility index (Phi) is 6.23. The van der Waals surface area contributed by atoms with E-state index in [-0.39, 0.29) is 11.9 Å². The van der Waals surface area contributed by atoms with Crippen LogP contribution in [-0.2, 0) is 6.54 Å². The predicted octanol–water partition coefficient (Wildman–Crippen LogP) is 4.71. The molecule has 0 spiro atoms. The van der Waals surface area contributed by atoms with Crippen LogP contribution in [0.25, 0.3) is 10.2 Å². The Bertz CT molecular complexity index is 986. The first-order valence-electron chi connectivity index (χ1n) is 10.3. The van der Waals surface area contributed by atoms with Crippen molar-refractivity contribution in [3.8, 4) is 0 Å². The van der Waals surface area contributed by atoms with Gasteiger partial charge in [0.15, 0.2) is 0 Å². The molecular formula is C22H27ClN4OS.